The van der Waals surface area contributed by atoms with E-state index in [-0.39, 0.29) is 5.91 Å². The van der Waals surface area contributed by atoms with Gasteiger partial charge in [0, 0.05) is 40.5 Å². The van der Waals surface area contributed by atoms with Crippen LogP contribution in [-0.4, -0.2) is 32.1 Å². The molecule has 2 heterocycles. The zero-order valence-corrected chi connectivity index (χ0v) is 20.2. The minimum atomic E-state index is -0.0534. The third-order valence-electron chi connectivity index (χ3n) is 6.61. The van der Waals surface area contributed by atoms with Crippen LogP contribution in [0, 0.1) is 0 Å². The molecular weight excluding hydrogens is 460 g/mol. The minimum Gasteiger partial charge on any atom is -0.350 e. The molecule has 0 saturated heterocycles. The summed E-state index contributed by atoms with van der Waals surface area (Å²) >= 11 is 0. The molecule has 0 aliphatic heterocycles. The molecule has 7 nitrogen and oxygen atoms in total. The van der Waals surface area contributed by atoms with E-state index >= 15 is 0 Å². The third kappa shape index (κ3) is 5.11. The number of benzene rings is 3. The van der Waals surface area contributed by atoms with Gasteiger partial charge < -0.3 is 10.6 Å². The summed E-state index contributed by atoms with van der Waals surface area (Å²) in [6, 6.07) is 24.4. The van der Waals surface area contributed by atoms with Crippen molar-refractivity contribution in [3.8, 4) is 22.5 Å². The number of hydrogen-bond donors (Lipinski definition) is 3. The van der Waals surface area contributed by atoms with Gasteiger partial charge in [0.15, 0.2) is 5.82 Å². The standard InChI is InChI=1S/C30H26N6O/c37-28(33-24-7-4-8-24)16-11-20-5-3-6-22(17-20)29-35-27-10-2-1-9-26(27)30(36-29)34-25-14-12-21(13-15-25)23-18-31-32-19-23/h1-3,5-6,9-19,24H,4,7-8H2,(H,31,32)(H,33,37)(H,34,35,36)/b16-11+. The van der Waals surface area contributed by atoms with Gasteiger partial charge in [-0.05, 0) is 66.8 Å². The smallest absolute Gasteiger partial charge is 0.244 e. The minimum absolute atomic E-state index is 0.0534. The molecule has 37 heavy (non-hydrogen) atoms. The maximum absolute atomic E-state index is 12.2. The lowest BCUT2D eigenvalue weighted by Gasteiger charge is -2.25. The lowest BCUT2D eigenvalue weighted by atomic mass is 9.93. The fraction of sp³-hybridized carbons (Fsp3) is 0.133. The Morgan fingerprint density at radius 3 is 2.57 bits per heavy atom. The molecule has 0 atom stereocenters. The highest BCUT2D eigenvalue weighted by molar-refractivity contribution is 5.93. The maximum atomic E-state index is 12.2. The molecule has 1 aliphatic carbocycles. The Morgan fingerprint density at radius 1 is 0.919 bits per heavy atom. The van der Waals surface area contributed by atoms with Crippen molar-refractivity contribution in [2.24, 2.45) is 0 Å². The normalized spacial score (nSPS) is 13.5. The molecule has 1 amide bonds. The van der Waals surface area contributed by atoms with Crippen LogP contribution < -0.4 is 10.6 Å². The van der Waals surface area contributed by atoms with Crippen molar-refractivity contribution in [2.45, 2.75) is 25.3 Å². The van der Waals surface area contributed by atoms with E-state index in [4.69, 9.17) is 9.97 Å². The van der Waals surface area contributed by atoms with Gasteiger partial charge in [-0.25, -0.2) is 9.97 Å². The Balaban J connectivity index is 1.28. The summed E-state index contributed by atoms with van der Waals surface area (Å²) in [7, 11) is 0. The van der Waals surface area contributed by atoms with Gasteiger partial charge in [-0.2, -0.15) is 5.10 Å². The maximum Gasteiger partial charge on any atom is 0.244 e. The highest BCUT2D eigenvalue weighted by Crippen LogP contribution is 2.29. The van der Waals surface area contributed by atoms with Gasteiger partial charge in [0.05, 0.1) is 11.7 Å². The highest BCUT2D eigenvalue weighted by Gasteiger charge is 2.18. The Labute approximate surface area is 214 Å². The number of H-pyrrole nitrogens is 1. The number of nitrogens with one attached hydrogen (secondary N) is 3. The Bertz CT molecular complexity index is 1570. The molecule has 1 aliphatic rings. The van der Waals surface area contributed by atoms with E-state index in [1.807, 2.05) is 72.9 Å². The van der Waals surface area contributed by atoms with E-state index in [2.05, 4.69) is 33.0 Å². The molecule has 0 radical (unpaired) electrons. The van der Waals surface area contributed by atoms with E-state index in [1.165, 1.54) is 6.42 Å². The predicted molar refractivity (Wildman–Crippen MR) is 147 cm³/mol. The van der Waals surface area contributed by atoms with E-state index in [9.17, 15) is 4.79 Å². The summed E-state index contributed by atoms with van der Waals surface area (Å²) < 4.78 is 0. The van der Waals surface area contributed by atoms with Crippen LogP contribution in [-0.2, 0) is 4.79 Å². The van der Waals surface area contributed by atoms with Crippen LogP contribution in [0.25, 0.3) is 39.5 Å². The van der Waals surface area contributed by atoms with Gasteiger partial charge in [-0.3, -0.25) is 9.89 Å². The zero-order valence-electron chi connectivity index (χ0n) is 20.2. The molecule has 3 aromatic carbocycles. The lowest BCUT2D eigenvalue weighted by Crippen LogP contribution is -2.38. The van der Waals surface area contributed by atoms with Gasteiger partial charge >= 0.3 is 0 Å². The number of hydrogen-bond acceptors (Lipinski definition) is 5. The molecule has 1 saturated carbocycles. The molecule has 3 N–H and O–H groups in total. The van der Waals surface area contributed by atoms with Crippen LogP contribution in [0.3, 0.4) is 0 Å². The molecule has 0 spiro atoms. The average Bonchev–Trinajstić information content (AvgIpc) is 3.45. The van der Waals surface area contributed by atoms with Crippen molar-refractivity contribution in [2.75, 3.05) is 5.32 Å². The summed E-state index contributed by atoms with van der Waals surface area (Å²) in [5.74, 6) is 1.30. The number of carbonyl (C=O) groups excluding carboxylic acids is 1. The van der Waals surface area contributed by atoms with Crippen LogP contribution in [0.2, 0.25) is 0 Å². The first-order valence-corrected chi connectivity index (χ1v) is 12.4. The predicted octanol–water partition coefficient (Wildman–Crippen LogP) is 6.11. The van der Waals surface area contributed by atoms with E-state index in [0.717, 1.165) is 57.5 Å². The molecule has 7 heteroatoms. The van der Waals surface area contributed by atoms with Crippen molar-refractivity contribution in [3.63, 3.8) is 0 Å². The number of para-hydroxylation sites is 1. The van der Waals surface area contributed by atoms with Gasteiger partial charge in [0.1, 0.15) is 5.82 Å². The number of nitrogens with zero attached hydrogens (tertiary/aromatic N) is 3. The molecule has 5 aromatic rings. The van der Waals surface area contributed by atoms with E-state index in [1.54, 1.807) is 12.3 Å². The van der Waals surface area contributed by atoms with Crippen LogP contribution >= 0.6 is 0 Å². The lowest BCUT2D eigenvalue weighted by molar-refractivity contribution is -0.117. The first kappa shape index (κ1) is 22.7. The molecule has 6 rings (SSSR count). The van der Waals surface area contributed by atoms with Crippen LogP contribution in [0.15, 0.2) is 91.3 Å². The van der Waals surface area contributed by atoms with Gasteiger partial charge in [-0.1, -0.05) is 42.5 Å². The second kappa shape index (κ2) is 10.1. The first-order valence-electron chi connectivity index (χ1n) is 12.4. The van der Waals surface area contributed by atoms with Gasteiger partial charge in [0.25, 0.3) is 0 Å². The van der Waals surface area contributed by atoms with Crippen molar-refractivity contribution < 1.29 is 4.79 Å². The van der Waals surface area contributed by atoms with Gasteiger partial charge in [-0.15, -0.1) is 0 Å². The third-order valence-corrected chi connectivity index (χ3v) is 6.61. The molecule has 0 unspecified atom stereocenters. The van der Waals surface area contributed by atoms with Crippen LogP contribution in [0.5, 0.6) is 0 Å². The number of amides is 1. The first-order chi connectivity index (χ1) is 18.2. The van der Waals surface area contributed by atoms with Gasteiger partial charge in [0.2, 0.25) is 5.91 Å². The van der Waals surface area contributed by atoms with E-state index < -0.39 is 0 Å². The summed E-state index contributed by atoms with van der Waals surface area (Å²) in [4.78, 5) is 21.9. The molecule has 1 fully saturated rings. The van der Waals surface area contributed by atoms with Crippen molar-refractivity contribution >= 4 is 34.4 Å². The fourth-order valence-corrected chi connectivity index (χ4v) is 4.35. The number of fused-ring (bicyclic) bond motifs is 1. The SMILES string of the molecule is O=C(/C=C/c1cccc(-c2nc(Nc3ccc(-c4cn[nH]c4)cc3)c3ccccc3n2)c1)NC1CCC1. The molecule has 182 valence electrons. The van der Waals surface area contributed by atoms with Crippen molar-refractivity contribution in [1.82, 2.24) is 25.5 Å². The van der Waals surface area contributed by atoms with E-state index in [0.29, 0.717) is 11.9 Å². The second-order valence-corrected chi connectivity index (χ2v) is 9.20. The summed E-state index contributed by atoms with van der Waals surface area (Å²) in [5, 5.41) is 14.3. The topological polar surface area (TPSA) is 95.6 Å². The quantitative estimate of drug-likeness (QED) is 0.241. The summed E-state index contributed by atoms with van der Waals surface area (Å²) in [6.07, 6.45) is 10.4. The summed E-state index contributed by atoms with van der Waals surface area (Å²) in [6.45, 7) is 0. The fourth-order valence-electron chi connectivity index (χ4n) is 4.35. The summed E-state index contributed by atoms with van der Waals surface area (Å²) in [5.41, 5.74) is 5.70. The Morgan fingerprint density at radius 2 is 1.78 bits per heavy atom. The van der Waals surface area contributed by atoms with Crippen molar-refractivity contribution in [1.29, 1.82) is 0 Å². The highest BCUT2D eigenvalue weighted by atomic mass is 16.1. The van der Waals surface area contributed by atoms with Crippen molar-refractivity contribution in [3.05, 3.63) is 96.8 Å². The monoisotopic (exact) mass is 486 g/mol. The molecule has 2 aromatic heterocycles. The Kier molecular flexibility index (Phi) is 6.17. The largest absolute Gasteiger partial charge is 0.350 e. The Hall–Kier alpha value is -4.78. The zero-order chi connectivity index (χ0) is 25.0. The second-order valence-electron chi connectivity index (χ2n) is 9.20. The van der Waals surface area contributed by atoms with Crippen LogP contribution in [0.1, 0.15) is 24.8 Å². The van der Waals surface area contributed by atoms with Crippen LogP contribution in [0.4, 0.5) is 11.5 Å². The number of aromatic amines is 1. The average molecular weight is 487 g/mol. The number of anilines is 2. The number of rotatable bonds is 7. The number of aromatic nitrogens is 4. The molecule has 0 bridgehead atoms. The molecular formula is C30H26N6O. The number of carbonyl (C=O) groups is 1.